The fraction of sp³-hybridized carbons (Fsp3) is 0.600. The summed E-state index contributed by atoms with van der Waals surface area (Å²) in [5.41, 5.74) is 1.11. The first kappa shape index (κ1) is 20.7. The summed E-state index contributed by atoms with van der Waals surface area (Å²) < 4.78 is 0. The number of amides is 2. The van der Waals surface area contributed by atoms with Gasteiger partial charge in [0.15, 0.2) is 0 Å². The molecule has 5 nitrogen and oxygen atoms in total. The molecule has 2 atom stereocenters. The first-order valence-electron chi connectivity index (χ1n) is 9.48. The van der Waals surface area contributed by atoms with E-state index in [-0.39, 0.29) is 30.8 Å². The van der Waals surface area contributed by atoms with Gasteiger partial charge in [0.2, 0.25) is 11.8 Å². The van der Waals surface area contributed by atoms with E-state index in [1.165, 1.54) is 12.8 Å². The van der Waals surface area contributed by atoms with E-state index in [0.29, 0.717) is 37.5 Å². The van der Waals surface area contributed by atoms with E-state index in [9.17, 15) is 9.59 Å². The van der Waals surface area contributed by atoms with Gasteiger partial charge in [0.1, 0.15) is 0 Å². The molecule has 3 rings (SSSR count). The summed E-state index contributed by atoms with van der Waals surface area (Å²) in [5.74, 6) is 0.445. The molecule has 0 aromatic heterocycles. The van der Waals surface area contributed by atoms with Crippen molar-refractivity contribution in [2.24, 2.45) is 5.92 Å². The Kier molecular flexibility index (Phi) is 7.91. The fourth-order valence-corrected chi connectivity index (χ4v) is 4.14. The van der Waals surface area contributed by atoms with Gasteiger partial charge in [-0.15, -0.1) is 12.4 Å². The van der Waals surface area contributed by atoms with Crippen LogP contribution in [0.3, 0.4) is 0 Å². The number of halogens is 1. The first-order valence-corrected chi connectivity index (χ1v) is 9.48. The third-order valence-electron chi connectivity index (χ3n) is 5.43. The maximum Gasteiger partial charge on any atom is 0.242 e. The van der Waals surface area contributed by atoms with E-state index in [4.69, 9.17) is 0 Å². The number of hydrogen-bond donors (Lipinski definition) is 2. The highest BCUT2D eigenvalue weighted by Gasteiger charge is 2.34. The second kappa shape index (κ2) is 9.93. The summed E-state index contributed by atoms with van der Waals surface area (Å²) in [6.45, 7) is 3.29. The van der Waals surface area contributed by atoms with Crippen LogP contribution >= 0.6 is 12.4 Å². The van der Waals surface area contributed by atoms with E-state index in [2.05, 4.69) is 10.6 Å². The predicted molar refractivity (Wildman–Crippen MR) is 105 cm³/mol. The van der Waals surface area contributed by atoms with Crippen LogP contribution in [0.5, 0.6) is 0 Å². The van der Waals surface area contributed by atoms with Gasteiger partial charge in [-0.2, -0.15) is 0 Å². The molecule has 2 bridgehead atoms. The van der Waals surface area contributed by atoms with E-state index in [1.54, 1.807) is 4.90 Å². The lowest BCUT2D eigenvalue weighted by Gasteiger charge is -2.28. The molecule has 0 spiro atoms. The van der Waals surface area contributed by atoms with Crippen LogP contribution in [-0.4, -0.2) is 41.9 Å². The second-order valence-electron chi connectivity index (χ2n) is 7.35. The number of nitrogens with zero attached hydrogens (tertiary/aromatic N) is 1. The van der Waals surface area contributed by atoms with Gasteiger partial charge in [-0.05, 0) is 44.1 Å². The number of carbonyl (C=O) groups is 2. The highest BCUT2D eigenvalue weighted by atomic mass is 35.5. The lowest BCUT2D eigenvalue weighted by Crippen LogP contribution is -2.42. The Morgan fingerprint density at radius 1 is 1.15 bits per heavy atom. The number of piperidine rings is 1. The van der Waals surface area contributed by atoms with Gasteiger partial charge in [0.05, 0.1) is 6.54 Å². The maximum absolute atomic E-state index is 12.4. The summed E-state index contributed by atoms with van der Waals surface area (Å²) in [6, 6.07) is 11.1. The number of likely N-dealkylation sites (N-methyl/N-ethyl adjacent to an activating group) is 1. The van der Waals surface area contributed by atoms with Crippen molar-refractivity contribution in [3.05, 3.63) is 35.9 Å². The highest BCUT2D eigenvalue weighted by Crippen LogP contribution is 2.32. The number of hydrogen-bond acceptors (Lipinski definition) is 3. The summed E-state index contributed by atoms with van der Waals surface area (Å²) in [4.78, 5) is 26.4. The zero-order chi connectivity index (χ0) is 17.6. The monoisotopic (exact) mass is 379 g/mol. The summed E-state index contributed by atoms with van der Waals surface area (Å²) in [6.07, 6.45) is 5.21. The molecule has 2 fully saturated rings. The summed E-state index contributed by atoms with van der Waals surface area (Å²) in [7, 11) is 0. The van der Waals surface area contributed by atoms with Gasteiger partial charge in [0, 0.05) is 31.6 Å². The highest BCUT2D eigenvalue weighted by molar-refractivity contribution is 5.85. The van der Waals surface area contributed by atoms with Crippen LogP contribution in [0.4, 0.5) is 0 Å². The van der Waals surface area contributed by atoms with Gasteiger partial charge in [0.25, 0.3) is 0 Å². The standard InChI is InChI=1S/C20H29N3O2.ClH/c1-2-23(14-15-6-4-3-5-7-15)20(25)13-21-19(24)12-16-10-17-8-9-18(11-16)22-17;/h3-7,16-18,22H,2,8-14H2,1H3,(H,21,24);1H. The van der Waals surface area contributed by atoms with Crippen LogP contribution in [0.25, 0.3) is 0 Å². The van der Waals surface area contributed by atoms with Crippen molar-refractivity contribution < 1.29 is 9.59 Å². The van der Waals surface area contributed by atoms with Crippen LogP contribution in [0.2, 0.25) is 0 Å². The Labute approximate surface area is 162 Å². The number of fused-ring (bicyclic) bond motifs is 2. The van der Waals surface area contributed by atoms with Crippen molar-refractivity contribution >= 4 is 24.2 Å². The summed E-state index contributed by atoms with van der Waals surface area (Å²) >= 11 is 0. The average molecular weight is 380 g/mol. The largest absolute Gasteiger partial charge is 0.347 e. The van der Waals surface area contributed by atoms with Crippen molar-refractivity contribution in [1.29, 1.82) is 0 Å². The van der Waals surface area contributed by atoms with Crippen molar-refractivity contribution in [3.63, 3.8) is 0 Å². The normalized spacial score (nSPS) is 23.8. The smallest absolute Gasteiger partial charge is 0.242 e. The SMILES string of the molecule is CCN(Cc1ccccc1)C(=O)CNC(=O)CC1CC2CCC(C1)N2.Cl. The number of nitrogens with one attached hydrogen (secondary N) is 2. The van der Waals surface area contributed by atoms with Crippen molar-refractivity contribution in [3.8, 4) is 0 Å². The van der Waals surface area contributed by atoms with Gasteiger partial charge in [-0.3, -0.25) is 9.59 Å². The van der Waals surface area contributed by atoms with Crippen LogP contribution in [-0.2, 0) is 16.1 Å². The Morgan fingerprint density at radius 2 is 1.81 bits per heavy atom. The lowest BCUT2D eigenvalue weighted by molar-refractivity contribution is -0.133. The van der Waals surface area contributed by atoms with E-state index in [1.807, 2.05) is 37.3 Å². The zero-order valence-electron chi connectivity index (χ0n) is 15.4. The second-order valence-corrected chi connectivity index (χ2v) is 7.35. The van der Waals surface area contributed by atoms with E-state index < -0.39 is 0 Å². The lowest BCUT2D eigenvalue weighted by atomic mass is 9.89. The number of carbonyl (C=O) groups excluding carboxylic acids is 2. The molecule has 0 radical (unpaired) electrons. The van der Waals surface area contributed by atoms with Gasteiger partial charge < -0.3 is 15.5 Å². The quantitative estimate of drug-likeness (QED) is 0.765. The molecule has 2 saturated heterocycles. The van der Waals surface area contributed by atoms with Crippen LogP contribution < -0.4 is 10.6 Å². The Balaban J connectivity index is 0.00000243. The molecule has 0 saturated carbocycles. The van der Waals surface area contributed by atoms with Crippen LogP contribution in [0.1, 0.15) is 44.6 Å². The third-order valence-corrected chi connectivity index (χ3v) is 5.43. The first-order chi connectivity index (χ1) is 12.1. The third kappa shape index (κ3) is 5.71. The van der Waals surface area contributed by atoms with Gasteiger partial charge >= 0.3 is 0 Å². The van der Waals surface area contributed by atoms with Crippen molar-refractivity contribution in [2.45, 2.75) is 57.7 Å². The molecule has 2 unspecified atom stereocenters. The molecule has 2 aliphatic rings. The topological polar surface area (TPSA) is 61.4 Å². The number of rotatable bonds is 7. The molecule has 2 N–H and O–H groups in total. The molecule has 2 aliphatic heterocycles. The van der Waals surface area contributed by atoms with Gasteiger partial charge in [-0.1, -0.05) is 30.3 Å². The maximum atomic E-state index is 12.4. The zero-order valence-corrected chi connectivity index (χ0v) is 16.3. The molecule has 1 aromatic carbocycles. The molecule has 2 heterocycles. The minimum atomic E-state index is -0.0231. The predicted octanol–water partition coefficient (Wildman–Crippen LogP) is 2.49. The molecule has 6 heteroatoms. The molecular formula is C20H30ClN3O2. The van der Waals surface area contributed by atoms with Crippen molar-refractivity contribution in [2.75, 3.05) is 13.1 Å². The van der Waals surface area contributed by atoms with E-state index >= 15 is 0 Å². The Hall–Kier alpha value is -1.59. The fourth-order valence-electron chi connectivity index (χ4n) is 4.14. The van der Waals surface area contributed by atoms with E-state index in [0.717, 1.165) is 18.4 Å². The summed E-state index contributed by atoms with van der Waals surface area (Å²) in [5, 5.41) is 6.43. The minimum Gasteiger partial charge on any atom is -0.347 e. The Morgan fingerprint density at radius 3 is 2.42 bits per heavy atom. The van der Waals surface area contributed by atoms with Crippen LogP contribution in [0, 0.1) is 5.92 Å². The molecule has 2 amide bonds. The molecule has 1 aromatic rings. The Bertz CT molecular complexity index is 584. The number of benzene rings is 1. The van der Waals surface area contributed by atoms with Crippen LogP contribution in [0.15, 0.2) is 30.3 Å². The van der Waals surface area contributed by atoms with Gasteiger partial charge in [-0.25, -0.2) is 0 Å². The average Bonchev–Trinajstić information content (AvgIpc) is 2.97. The molecular weight excluding hydrogens is 350 g/mol. The molecule has 0 aliphatic carbocycles. The minimum absolute atomic E-state index is 0. The molecule has 144 valence electrons. The van der Waals surface area contributed by atoms with Crippen molar-refractivity contribution in [1.82, 2.24) is 15.5 Å². The molecule has 26 heavy (non-hydrogen) atoms.